The highest BCUT2D eigenvalue weighted by Crippen LogP contribution is 2.21. The number of nitrogens with one attached hydrogen (secondary N) is 1. The number of carbonyl (C=O) groups excluding carboxylic acids is 1. The SMILES string of the molecule is Cc1ccc(F)cc1C(=O)Nc1cccc(C)c1C(N)=S. The summed E-state index contributed by atoms with van der Waals surface area (Å²) in [5, 5.41) is 2.74. The summed E-state index contributed by atoms with van der Waals surface area (Å²) in [6, 6.07) is 9.46. The fourth-order valence-electron chi connectivity index (χ4n) is 2.13. The van der Waals surface area contributed by atoms with Crippen LogP contribution in [0.1, 0.15) is 27.0 Å². The lowest BCUT2D eigenvalue weighted by Crippen LogP contribution is -2.19. The predicted octanol–water partition coefficient (Wildman–Crippen LogP) is 3.33. The molecule has 0 aliphatic carbocycles. The van der Waals surface area contributed by atoms with Crippen LogP contribution < -0.4 is 11.1 Å². The number of thiocarbonyl (C=S) groups is 1. The van der Waals surface area contributed by atoms with E-state index in [-0.39, 0.29) is 10.6 Å². The Labute approximate surface area is 128 Å². The summed E-state index contributed by atoms with van der Waals surface area (Å²) in [5.74, 6) is -0.848. The average molecular weight is 302 g/mol. The van der Waals surface area contributed by atoms with Crippen LogP contribution in [0.4, 0.5) is 10.1 Å². The molecule has 0 aliphatic rings. The summed E-state index contributed by atoms with van der Waals surface area (Å²) < 4.78 is 13.3. The molecule has 0 fully saturated rings. The third-order valence-corrected chi connectivity index (χ3v) is 3.42. The molecule has 0 unspecified atom stereocenters. The monoisotopic (exact) mass is 302 g/mol. The van der Waals surface area contributed by atoms with Crippen LogP contribution in [0.15, 0.2) is 36.4 Å². The summed E-state index contributed by atoms with van der Waals surface area (Å²) in [6.07, 6.45) is 0. The smallest absolute Gasteiger partial charge is 0.256 e. The van der Waals surface area contributed by atoms with Crippen molar-refractivity contribution in [1.29, 1.82) is 0 Å². The molecule has 0 saturated carbocycles. The first-order valence-electron chi connectivity index (χ1n) is 6.37. The summed E-state index contributed by atoms with van der Waals surface area (Å²) in [4.78, 5) is 12.5. The van der Waals surface area contributed by atoms with E-state index in [0.29, 0.717) is 16.8 Å². The number of hydrogen-bond acceptors (Lipinski definition) is 2. The molecule has 2 aromatic rings. The summed E-state index contributed by atoms with van der Waals surface area (Å²) >= 11 is 5.02. The lowest BCUT2D eigenvalue weighted by Gasteiger charge is -2.13. The maximum absolute atomic E-state index is 13.3. The van der Waals surface area contributed by atoms with Crippen molar-refractivity contribution in [2.75, 3.05) is 5.32 Å². The van der Waals surface area contributed by atoms with Crippen molar-refractivity contribution in [3.05, 3.63) is 64.5 Å². The van der Waals surface area contributed by atoms with Gasteiger partial charge in [-0.15, -0.1) is 0 Å². The Hall–Kier alpha value is -2.27. The van der Waals surface area contributed by atoms with Crippen LogP contribution in [0.2, 0.25) is 0 Å². The van der Waals surface area contributed by atoms with Gasteiger partial charge in [-0.1, -0.05) is 30.4 Å². The Bertz CT molecular complexity index is 728. The first-order chi connectivity index (χ1) is 9.90. The second-order valence-electron chi connectivity index (χ2n) is 4.78. The number of amides is 1. The van der Waals surface area contributed by atoms with E-state index in [4.69, 9.17) is 18.0 Å². The molecule has 0 saturated heterocycles. The molecule has 21 heavy (non-hydrogen) atoms. The van der Waals surface area contributed by atoms with Gasteiger partial charge in [-0.3, -0.25) is 4.79 Å². The lowest BCUT2D eigenvalue weighted by atomic mass is 10.0. The minimum absolute atomic E-state index is 0.208. The van der Waals surface area contributed by atoms with Gasteiger partial charge in [-0.05, 0) is 43.2 Å². The minimum Gasteiger partial charge on any atom is -0.389 e. The first kappa shape index (κ1) is 15.1. The molecule has 2 rings (SSSR count). The quantitative estimate of drug-likeness (QED) is 0.855. The minimum atomic E-state index is -0.454. The van der Waals surface area contributed by atoms with Crippen LogP contribution in [-0.2, 0) is 0 Å². The van der Waals surface area contributed by atoms with E-state index >= 15 is 0 Å². The average Bonchev–Trinajstić information content (AvgIpc) is 2.41. The zero-order chi connectivity index (χ0) is 15.6. The Morgan fingerprint density at radius 1 is 1.19 bits per heavy atom. The molecule has 3 N–H and O–H groups in total. The van der Waals surface area contributed by atoms with Crippen LogP contribution in [0.25, 0.3) is 0 Å². The molecule has 2 aromatic carbocycles. The van der Waals surface area contributed by atoms with Gasteiger partial charge in [0.2, 0.25) is 0 Å². The number of anilines is 1. The van der Waals surface area contributed by atoms with Gasteiger partial charge in [-0.25, -0.2) is 4.39 Å². The number of aryl methyl sites for hydroxylation is 2. The zero-order valence-corrected chi connectivity index (χ0v) is 12.6. The number of halogens is 1. The molecule has 5 heteroatoms. The van der Waals surface area contributed by atoms with Crippen LogP contribution in [0.5, 0.6) is 0 Å². The maximum Gasteiger partial charge on any atom is 0.256 e. The summed E-state index contributed by atoms with van der Waals surface area (Å²) in [7, 11) is 0. The van der Waals surface area contributed by atoms with Gasteiger partial charge < -0.3 is 11.1 Å². The summed E-state index contributed by atoms with van der Waals surface area (Å²) in [5.41, 5.74) is 8.70. The molecule has 0 heterocycles. The van der Waals surface area contributed by atoms with Gasteiger partial charge in [-0.2, -0.15) is 0 Å². The highest BCUT2D eigenvalue weighted by molar-refractivity contribution is 7.80. The fourth-order valence-corrected chi connectivity index (χ4v) is 2.40. The highest BCUT2D eigenvalue weighted by Gasteiger charge is 2.14. The molecular weight excluding hydrogens is 287 g/mol. The number of hydrogen-bond donors (Lipinski definition) is 2. The van der Waals surface area contributed by atoms with E-state index in [0.717, 1.165) is 5.56 Å². The fraction of sp³-hybridized carbons (Fsp3) is 0.125. The van der Waals surface area contributed by atoms with Gasteiger partial charge in [0.25, 0.3) is 5.91 Å². The molecule has 0 spiro atoms. The van der Waals surface area contributed by atoms with Crippen molar-refractivity contribution in [1.82, 2.24) is 0 Å². The molecule has 108 valence electrons. The first-order valence-corrected chi connectivity index (χ1v) is 6.78. The predicted molar refractivity (Wildman–Crippen MR) is 86.2 cm³/mol. The Morgan fingerprint density at radius 3 is 2.57 bits per heavy atom. The molecular formula is C16H15FN2OS. The topological polar surface area (TPSA) is 55.1 Å². The highest BCUT2D eigenvalue weighted by atomic mass is 32.1. The van der Waals surface area contributed by atoms with Crippen molar-refractivity contribution in [2.45, 2.75) is 13.8 Å². The second-order valence-corrected chi connectivity index (χ2v) is 5.21. The normalized spacial score (nSPS) is 10.2. The van der Waals surface area contributed by atoms with Crippen LogP contribution >= 0.6 is 12.2 Å². The molecule has 3 nitrogen and oxygen atoms in total. The van der Waals surface area contributed by atoms with Gasteiger partial charge in [0.15, 0.2) is 0 Å². The molecule has 0 atom stereocenters. The van der Waals surface area contributed by atoms with Gasteiger partial charge >= 0.3 is 0 Å². The molecule has 0 aromatic heterocycles. The Morgan fingerprint density at radius 2 is 1.90 bits per heavy atom. The van der Waals surface area contributed by atoms with E-state index in [2.05, 4.69) is 5.32 Å². The molecule has 0 radical (unpaired) electrons. The van der Waals surface area contributed by atoms with Crippen molar-refractivity contribution >= 4 is 28.8 Å². The number of benzene rings is 2. The van der Waals surface area contributed by atoms with Crippen LogP contribution in [0.3, 0.4) is 0 Å². The molecule has 0 aliphatic heterocycles. The van der Waals surface area contributed by atoms with E-state index in [1.165, 1.54) is 12.1 Å². The standard InChI is InChI=1S/C16H15FN2OS/c1-9-6-7-11(17)8-12(9)16(20)19-13-5-3-4-10(2)14(13)15(18)21/h3-8H,1-2H3,(H2,18,21)(H,19,20). The number of nitrogens with two attached hydrogens (primary N) is 1. The van der Waals surface area contributed by atoms with E-state index < -0.39 is 11.7 Å². The van der Waals surface area contributed by atoms with Crippen LogP contribution in [0, 0.1) is 19.7 Å². The number of carbonyl (C=O) groups is 1. The van der Waals surface area contributed by atoms with E-state index in [9.17, 15) is 9.18 Å². The van der Waals surface area contributed by atoms with Crippen LogP contribution in [-0.4, -0.2) is 10.9 Å². The van der Waals surface area contributed by atoms with Crippen molar-refractivity contribution < 1.29 is 9.18 Å². The Kier molecular flexibility index (Phi) is 4.33. The Balaban J connectivity index is 2.39. The van der Waals surface area contributed by atoms with Crippen molar-refractivity contribution in [3.8, 4) is 0 Å². The molecule has 0 bridgehead atoms. The van der Waals surface area contributed by atoms with Crippen molar-refractivity contribution in [3.63, 3.8) is 0 Å². The van der Waals surface area contributed by atoms with Gasteiger partial charge in [0.1, 0.15) is 10.8 Å². The number of rotatable bonds is 3. The third kappa shape index (κ3) is 3.25. The lowest BCUT2D eigenvalue weighted by molar-refractivity contribution is 0.102. The summed E-state index contributed by atoms with van der Waals surface area (Å²) in [6.45, 7) is 3.61. The molecule has 1 amide bonds. The second kappa shape index (κ2) is 6.01. The largest absolute Gasteiger partial charge is 0.389 e. The third-order valence-electron chi connectivity index (χ3n) is 3.21. The van der Waals surface area contributed by atoms with Gasteiger partial charge in [0.05, 0.1) is 5.69 Å². The maximum atomic E-state index is 13.3. The van der Waals surface area contributed by atoms with Crippen molar-refractivity contribution in [2.24, 2.45) is 5.73 Å². The van der Waals surface area contributed by atoms with E-state index in [1.807, 2.05) is 13.0 Å². The van der Waals surface area contributed by atoms with E-state index in [1.54, 1.807) is 25.1 Å². The zero-order valence-electron chi connectivity index (χ0n) is 11.7. The van der Waals surface area contributed by atoms with Gasteiger partial charge in [0, 0.05) is 11.1 Å².